The molecule has 0 bridgehead atoms. The summed E-state index contributed by atoms with van der Waals surface area (Å²) in [5.41, 5.74) is 2.30. The highest BCUT2D eigenvalue weighted by molar-refractivity contribution is 6.09. The van der Waals surface area contributed by atoms with Crippen LogP contribution >= 0.6 is 0 Å². The van der Waals surface area contributed by atoms with Crippen molar-refractivity contribution in [3.63, 3.8) is 0 Å². The number of likely N-dealkylation sites (N-methyl/N-ethyl adjacent to an activating group) is 1. The van der Waals surface area contributed by atoms with Crippen LogP contribution in [0.3, 0.4) is 0 Å². The Morgan fingerprint density at radius 1 is 1.28 bits per heavy atom. The van der Waals surface area contributed by atoms with Crippen molar-refractivity contribution in [1.82, 2.24) is 29.3 Å². The lowest BCUT2D eigenvalue weighted by Crippen LogP contribution is -2.59. The second-order valence-corrected chi connectivity index (χ2v) is 9.54. The molecule has 0 radical (unpaired) electrons. The molecule has 3 aromatic heterocycles. The first kappa shape index (κ1) is 22.5. The molecule has 4 aromatic rings. The molecule has 186 valence electrons. The average Bonchev–Trinajstić information content (AvgIpc) is 3.50. The Labute approximate surface area is 207 Å². The highest BCUT2D eigenvalue weighted by atomic mass is 16.5. The summed E-state index contributed by atoms with van der Waals surface area (Å²) in [4.78, 5) is 31.3. The quantitative estimate of drug-likeness (QED) is 0.469. The van der Waals surface area contributed by atoms with Crippen LogP contribution in [0.5, 0.6) is 5.75 Å². The fourth-order valence-corrected chi connectivity index (χ4v) is 5.41. The van der Waals surface area contributed by atoms with Crippen molar-refractivity contribution >= 4 is 33.9 Å². The summed E-state index contributed by atoms with van der Waals surface area (Å²) in [6.07, 6.45) is 10.3. The topological polar surface area (TPSA) is 116 Å². The van der Waals surface area contributed by atoms with Crippen molar-refractivity contribution in [2.24, 2.45) is 0 Å². The molecule has 1 aromatic carbocycles. The molecule has 1 saturated carbocycles. The summed E-state index contributed by atoms with van der Waals surface area (Å²) in [6, 6.07) is 5.61. The Bertz CT molecular complexity index is 1470. The van der Waals surface area contributed by atoms with E-state index in [4.69, 9.17) is 14.6 Å². The molecule has 0 atom stereocenters. The molecule has 2 fully saturated rings. The van der Waals surface area contributed by atoms with Crippen molar-refractivity contribution in [3.05, 3.63) is 48.7 Å². The second kappa shape index (κ2) is 8.59. The Morgan fingerprint density at radius 3 is 2.92 bits per heavy atom. The van der Waals surface area contributed by atoms with E-state index in [1.165, 1.54) is 0 Å². The summed E-state index contributed by atoms with van der Waals surface area (Å²) in [5.74, 6) is 0.200. The lowest BCUT2D eigenvalue weighted by Gasteiger charge is -2.48. The van der Waals surface area contributed by atoms with Crippen molar-refractivity contribution in [3.8, 4) is 5.75 Å². The molecule has 6 rings (SSSR count). The number of nitrogens with one attached hydrogen (secondary N) is 1. The summed E-state index contributed by atoms with van der Waals surface area (Å²) in [7, 11) is 3.43. The number of carbonyl (C=O) groups is 2. The van der Waals surface area contributed by atoms with Crippen LogP contribution in [0.25, 0.3) is 16.4 Å². The first-order chi connectivity index (χ1) is 17.5. The van der Waals surface area contributed by atoms with Crippen LogP contribution in [-0.2, 0) is 9.53 Å². The average molecular weight is 490 g/mol. The normalized spacial score (nSPS) is 22.4. The van der Waals surface area contributed by atoms with Crippen LogP contribution in [0.15, 0.2) is 43.1 Å². The number of anilines is 1. The Morgan fingerprint density at radius 2 is 2.11 bits per heavy atom. The molecule has 1 N–H and O–H groups in total. The predicted octanol–water partition coefficient (Wildman–Crippen LogP) is 2.68. The van der Waals surface area contributed by atoms with Gasteiger partial charge in [0.15, 0.2) is 0 Å². The second-order valence-electron chi connectivity index (χ2n) is 9.54. The summed E-state index contributed by atoms with van der Waals surface area (Å²) >= 11 is 0. The number of hydrogen-bond donors (Lipinski definition) is 1. The lowest BCUT2D eigenvalue weighted by molar-refractivity contribution is -0.158. The number of amides is 2. The number of benzene rings is 1. The summed E-state index contributed by atoms with van der Waals surface area (Å²) in [6.45, 7) is 0.750. The third-order valence-corrected chi connectivity index (χ3v) is 7.61. The molecule has 1 aliphatic carbocycles. The monoisotopic (exact) mass is 489 g/mol. The highest BCUT2D eigenvalue weighted by Gasteiger charge is 2.44. The number of methoxy groups -OCH3 is 1. The van der Waals surface area contributed by atoms with Crippen LogP contribution in [0, 0.1) is 0 Å². The molecule has 0 unspecified atom stereocenters. The molecule has 1 saturated heterocycles. The van der Waals surface area contributed by atoms with Gasteiger partial charge in [-0.3, -0.25) is 14.3 Å². The SMILES string of the molecule is COc1cc2nn(C3CCC4(CC3)COCC(=O)N4C)cc2cc1C(=O)Nc1cnn2cnccc12. The van der Waals surface area contributed by atoms with Gasteiger partial charge < -0.3 is 19.7 Å². The number of nitrogens with zero attached hydrogens (tertiary/aromatic N) is 6. The van der Waals surface area contributed by atoms with Gasteiger partial charge in [-0.1, -0.05) is 0 Å². The van der Waals surface area contributed by atoms with E-state index < -0.39 is 0 Å². The van der Waals surface area contributed by atoms with Gasteiger partial charge in [0.1, 0.15) is 18.7 Å². The number of carbonyl (C=O) groups excluding carboxylic acids is 2. The van der Waals surface area contributed by atoms with E-state index in [-0.39, 0.29) is 30.0 Å². The molecule has 1 aliphatic heterocycles. The minimum atomic E-state index is -0.294. The molecular formula is C25H27N7O4. The Hall–Kier alpha value is -3.99. The van der Waals surface area contributed by atoms with Gasteiger partial charge in [-0.05, 0) is 37.8 Å². The van der Waals surface area contributed by atoms with Crippen LogP contribution < -0.4 is 10.1 Å². The molecule has 36 heavy (non-hydrogen) atoms. The molecular weight excluding hydrogens is 462 g/mol. The van der Waals surface area contributed by atoms with E-state index in [0.29, 0.717) is 23.6 Å². The number of aromatic nitrogens is 5. The maximum absolute atomic E-state index is 13.2. The number of fused-ring (bicyclic) bond motifs is 2. The van der Waals surface area contributed by atoms with Crippen molar-refractivity contribution < 1.29 is 19.1 Å². The van der Waals surface area contributed by atoms with Crippen molar-refractivity contribution in [1.29, 1.82) is 0 Å². The molecule has 11 heteroatoms. The third kappa shape index (κ3) is 3.67. The minimum Gasteiger partial charge on any atom is -0.496 e. The predicted molar refractivity (Wildman–Crippen MR) is 131 cm³/mol. The summed E-state index contributed by atoms with van der Waals surface area (Å²) < 4.78 is 14.7. The maximum Gasteiger partial charge on any atom is 0.259 e. The first-order valence-corrected chi connectivity index (χ1v) is 12.0. The Balaban J connectivity index is 1.24. The zero-order chi connectivity index (χ0) is 24.9. The van der Waals surface area contributed by atoms with E-state index in [1.807, 2.05) is 28.9 Å². The smallest absolute Gasteiger partial charge is 0.259 e. The minimum absolute atomic E-state index is 0.0446. The van der Waals surface area contributed by atoms with Gasteiger partial charge in [-0.15, -0.1) is 0 Å². The van der Waals surface area contributed by atoms with E-state index in [2.05, 4.69) is 15.4 Å². The van der Waals surface area contributed by atoms with Crippen molar-refractivity contribution in [2.75, 3.05) is 32.7 Å². The Kier molecular flexibility index (Phi) is 5.36. The van der Waals surface area contributed by atoms with Gasteiger partial charge in [-0.25, -0.2) is 9.50 Å². The van der Waals surface area contributed by atoms with Gasteiger partial charge >= 0.3 is 0 Å². The van der Waals surface area contributed by atoms with Crippen LogP contribution in [0.1, 0.15) is 42.1 Å². The van der Waals surface area contributed by atoms with E-state index >= 15 is 0 Å². The van der Waals surface area contributed by atoms with E-state index in [0.717, 1.165) is 42.1 Å². The van der Waals surface area contributed by atoms with Gasteiger partial charge in [0.05, 0.1) is 53.8 Å². The van der Waals surface area contributed by atoms with Crippen LogP contribution in [0.4, 0.5) is 5.69 Å². The van der Waals surface area contributed by atoms with Gasteiger partial charge in [0.25, 0.3) is 5.91 Å². The van der Waals surface area contributed by atoms with E-state index in [1.54, 1.807) is 42.5 Å². The number of ether oxygens (including phenoxy) is 2. The highest BCUT2D eigenvalue weighted by Crippen LogP contribution is 2.40. The molecule has 11 nitrogen and oxygen atoms in total. The van der Waals surface area contributed by atoms with Crippen molar-refractivity contribution in [2.45, 2.75) is 37.3 Å². The maximum atomic E-state index is 13.2. The van der Waals surface area contributed by atoms with Crippen LogP contribution in [-0.4, -0.2) is 74.0 Å². The molecule has 1 spiro atoms. The molecule has 2 aliphatic rings. The van der Waals surface area contributed by atoms with E-state index in [9.17, 15) is 9.59 Å². The zero-order valence-corrected chi connectivity index (χ0v) is 20.2. The first-order valence-electron chi connectivity index (χ1n) is 12.0. The van der Waals surface area contributed by atoms with Gasteiger partial charge in [-0.2, -0.15) is 10.2 Å². The molecule has 4 heterocycles. The van der Waals surface area contributed by atoms with Crippen LogP contribution in [0.2, 0.25) is 0 Å². The van der Waals surface area contributed by atoms with Gasteiger partial charge in [0.2, 0.25) is 5.91 Å². The lowest BCUT2D eigenvalue weighted by atomic mass is 9.78. The number of hydrogen-bond acceptors (Lipinski definition) is 7. The number of rotatable bonds is 4. The fraction of sp³-hybridized carbons (Fsp3) is 0.400. The largest absolute Gasteiger partial charge is 0.496 e. The number of morpholine rings is 1. The molecule has 2 amide bonds. The van der Waals surface area contributed by atoms with Gasteiger partial charge in [0, 0.05) is 30.9 Å². The third-order valence-electron chi connectivity index (χ3n) is 7.61. The zero-order valence-electron chi connectivity index (χ0n) is 20.2. The summed E-state index contributed by atoms with van der Waals surface area (Å²) in [5, 5.41) is 12.8. The fourth-order valence-electron chi connectivity index (χ4n) is 5.41. The standard InChI is InChI=1S/C25H27N7O4/c1-30-23(33)13-36-14-25(30)6-3-17(4-7-25)31-12-16-9-18(22(35-2)10-19(16)29-31)24(34)28-20-11-27-32-15-26-8-5-21(20)32/h5,8-12,15,17H,3-4,6-7,13-14H2,1-2H3,(H,28,34).